The van der Waals surface area contributed by atoms with Crippen molar-refractivity contribution >= 4 is 11.8 Å². The van der Waals surface area contributed by atoms with Crippen molar-refractivity contribution < 1.29 is 9.59 Å². The summed E-state index contributed by atoms with van der Waals surface area (Å²) < 4.78 is 0. The molecule has 1 aromatic carbocycles. The fraction of sp³-hybridized carbons (Fsp3) is 0.579. The van der Waals surface area contributed by atoms with Gasteiger partial charge in [-0.2, -0.15) is 0 Å². The number of carbonyl (C=O) groups is 2. The third-order valence-electron chi connectivity index (χ3n) is 5.03. The smallest absolute Gasteiger partial charge is 0.251 e. The molecule has 2 fully saturated rings. The summed E-state index contributed by atoms with van der Waals surface area (Å²) in [6.45, 7) is 3.92. The maximum atomic E-state index is 12.4. The van der Waals surface area contributed by atoms with E-state index < -0.39 is 0 Å². The van der Waals surface area contributed by atoms with Crippen molar-refractivity contribution in [1.29, 1.82) is 0 Å². The molecule has 2 amide bonds. The van der Waals surface area contributed by atoms with Gasteiger partial charge in [-0.05, 0) is 50.0 Å². The molecular formula is C19H27N3O2. The van der Waals surface area contributed by atoms with Crippen LogP contribution >= 0.6 is 0 Å². The van der Waals surface area contributed by atoms with Crippen LogP contribution in [0.5, 0.6) is 0 Å². The van der Waals surface area contributed by atoms with Crippen LogP contribution in [0.25, 0.3) is 0 Å². The van der Waals surface area contributed by atoms with Crippen LogP contribution in [0.4, 0.5) is 0 Å². The number of amides is 2. The van der Waals surface area contributed by atoms with Gasteiger partial charge in [-0.1, -0.05) is 18.6 Å². The summed E-state index contributed by atoms with van der Waals surface area (Å²) in [7, 11) is 1.79. The first-order valence-corrected chi connectivity index (χ1v) is 8.98. The zero-order valence-electron chi connectivity index (χ0n) is 14.5. The van der Waals surface area contributed by atoms with E-state index in [1.54, 1.807) is 11.9 Å². The van der Waals surface area contributed by atoms with Crippen molar-refractivity contribution in [2.75, 3.05) is 26.7 Å². The summed E-state index contributed by atoms with van der Waals surface area (Å²) >= 11 is 0. The van der Waals surface area contributed by atoms with E-state index in [1.807, 2.05) is 12.1 Å². The van der Waals surface area contributed by atoms with Crippen LogP contribution in [-0.4, -0.2) is 54.3 Å². The average molecular weight is 329 g/mol. The van der Waals surface area contributed by atoms with Crippen molar-refractivity contribution in [2.24, 2.45) is 0 Å². The second-order valence-electron chi connectivity index (χ2n) is 7.02. The highest BCUT2D eigenvalue weighted by Gasteiger charge is 2.24. The lowest BCUT2D eigenvalue weighted by Crippen LogP contribution is -2.48. The molecule has 2 heterocycles. The molecule has 2 saturated heterocycles. The van der Waals surface area contributed by atoms with Crippen LogP contribution in [0.2, 0.25) is 0 Å². The monoisotopic (exact) mass is 329 g/mol. The first kappa shape index (κ1) is 17.0. The van der Waals surface area contributed by atoms with E-state index in [2.05, 4.69) is 22.3 Å². The van der Waals surface area contributed by atoms with Gasteiger partial charge in [0.2, 0.25) is 5.91 Å². The lowest BCUT2D eigenvalue weighted by molar-refractivity contribution is -0.132. The van der Waals surface area contributed by atoms with Crippen molar-refractivity contribution in [1.82, 2.24) is 15.1 Å². The first-order valence-electron chi connectivity index (χ1n) is 8.98. The van der Waals surface area contributed by atoms with E-state index in [9.17, 15) is 9.59 Å². The summed E-state index contributed by atoms with van der Waals surface area (Å²) in [5.74, 6) is 0.106. The maximum Gasteiger partial charge on any atom is 0.251 e. The minimum Gasteiger partial charge on any atom is -0.348 e. The van der Waals surface area contributed by atoms with E-state index in [1.165, 1.54) is 37.9 Å². The number of nitrogens with one attached hydrogen (secondary N) is 1. The number of carbonyl (C=O) groups excluding carboxylic acids is 2. The number of hydrogen-bond acceptors (Lipinski definition) is 3. The second-order valence-corrected chi connectivity index (χ2v) is 7.02. The Morgan fingerprint density at radius 1 is 1.17 bits per heavy atom. The molecular weight excluding hydrogens is 302 g/mol. The Hall–Kier alpha value is -1.88. The van der Waals surface area contributed by atoms with Crippen molar-refractivity contribution in [3.8, 4) is 0 Å². The molecule has 5 nitrogen and oxygen atoms in total. The van der Waals surface area contributed by atoms with Crippen LogP contribution < -0.4 is 5.32 Å². The molecule has 1 N–H and O–H groups in total. The Morgan fingerprint density at radius 3 is 2.54 bits per heavy atom. The first-order chi connectivity index (χ1) is 11.6. The van der Waals surface area contributed by atoms with Crippen LogP contribution in [0.15, 0.2) is 24.3 Å². The molecule has 0 saturated carbocycles. The van der Waals surface area contributed by atoms with Gasteiger partial charge in [0.25, 0.3) is 5.91 Å². The van der Waals surface area contributed by atoms with Crippen molar-refractivity contribution in [3.05, 3.63) is 35.4 Å². The van der Waals surface area contributed by atoms with Crippen LogP contribution in [0.1, 0.15) is 48.0 Å². The molecule has 0 aliphatic carbocycles. The van der Waals surface area contributed by atoms with E-state index in [4.69, 9.17) is 0 Å². The zero-order chi connectivity index (χ0) is 16.9. The van der Waals surface area contributed by atoms with Gasteiger partial charge in [-0.25, -0.2) is 0 Å². The molecule has 0 radical (unpaired) electrons. The average Bonchev–Trinajstić information content (AvgIpc) is 2.60. The Kier molecular flexibility index (Phi) is 5.51. The summed E-state index contributed by atoms with van der Waals surface area (Å²) in [6, 6.07) is 7.98. The van der Waals surface area contributed by atoms with Gasteiger partial charge in [0, 0.05) is 38.2 Å². The number of benzene rings is 1. The molecule has 0 bridgehead atoms. The van der Waals surface area contributed by atoms with Crippen LogP contribution in [-0.2, 0) is 11.3 Å². The van der Waals surface area contributed by atoms with Crippen LogP contribution in [0, 0.1) is 0 Å². The summed E-state index contributed by atoms with van der Waals surface area (Å²) in [5, 5.41) is 3.04. The van der Waals surface area contributed by atoms with Crippen LogP contribution in [0.3, 0.4) is 0 Å². The zero-order valence-corrected chi connectivity index (χ0v) is 14.5. The quantitative estimate of drug-likeness (QED) is 0.919. The van der Waals surface area contributed by atoms with E-state index in [0.29, 0.717) is 18.5 Å². The van der Waals surface area contributed by atoms with Gasteiger partial charge >= 0.3 is 0 Å². The van der Waals surface area contributed by atoms with Gasteiger partial charge < -0.3 is 10.2 Å². The SMILES string of the molecule is CN1C[C@@H](NC(=O)c2ccc(CN3CCCCC3)cc2)CCC1=O. The second kappa shape index (κ2) is 7.79. The molecule has 0 spiro atoms. The van der Waals surface area contributed by atoms with Gasteiger partial charge in [-0.3, -0.25) is 14.5 Å². The Morgan fingerprint density at radius 2 is 1.88 bits per heavy atom. The van der Waals surface area contributed by atoms with Gasteiger partial charge in [0.1, 0.15) is 0 Å². The number of piperidine rings is 2. The molecule has 5 heteroatoms. The Balaban J connectivity index is 1.52. The Bertz CT molecular complexity index is 579. The predicted molar refractivity (Wildman–Crippen MR) is 93.7 cm³/mol. The summed E-state index contributed by atoms with van der Waals surface area (Å²) in [5.41, 5.74) is 1.95. The van der Waals surface area contributed by atoms with E-state index >= 15 is 0 Å². The molecule has 2 aliphatic rings. The molecule has 0 unspecified atom stereocenters. The highest BCUT2D eigenvalue weighted by Crippen LogP contribution is 2.14. The molecule has 24 heavy (non-hydrogen) atoms. The van der Waals surface area contributed by atoms with E-state index in [-0.39, 0.29) is 17.9 Å². The summed E-state index contributed by atoms with van der Waals surface area (Å²) in [6.07, 6.45) is 5.16. The van der Waals surface area contributed by atoms with Crippen molar-refractivity contribution in [2.45, 2.75) is 44.7 Å². The van der Waals surface area contributed by atoms with Gasteiger partial charge in [0.15, 0.2) is 0 Å². The number of nitrogens with zero attached hydrogens (tertiary/aromatic N) is 2. The number of likely N-dealkylation sites (N-methyl/N-ethyl adjacent to an activating group) is 1. The normalized spacial score (nSPS) is 22.5. The number of rotatable bonds is 4. The molecule has 2 aliphatic heterocycles. The number of hydrogen-bond donors (Lipinski definition) is 1. The highest BCUT2D eigenvalue weighted by molar-refractivity contribution is 5.94. The lowest BCUT2D eigenvalue weighted by Gasteiger charge is -2.30. The molecule has 1 aromatic rings. The van der Waals surface area contributed by atoms with Gasteiger partial charge in [-0.15, -0.1) is 0 Å². The fourth-order valence-electron chi connectivity index (χ4n) is 3.54. The largest absolute Gasteiger partial charge is 0.348 e. The number of likely N-dealkylation sites (tertiary alicyclic amines) is 2. The molecule has 130 valence electrons. The molecule has 1 atom stereocenters. The minimum atomic E-state index is -0.0488. The summed E-state index contributed by atoms with van der Waals surface area (Å²) in [4.78, 5) is 28.1. The predicted octanol–water partition coefficient (Wildman–Crippen LogP) is 2.02. The fourth-order valence-corrected chi connectivity index (χ4v) is 3.54. The maximum absolute atomic E-state index is 12.4. The van der Waals surface area contributed by atoms with Crippen molar-refractivity contribution in [3.63, 3.8) is 0 Å². The minimum absolute atomic E-state index is 0.0488. The van der Waals surface area contributed by atoms with E-state index in [0.717, 1.165) is 13.0 Å². The lowest BCUT2D eigenvalue weighted by atomic mass is 10.0. The van der Waals surface area contributed by atoms with Gasteiger partial charge in [0.05, 0.1) is 0 Å². The third kappa shape index (κ3) is 4.35. The highest BCUT2D eigenvalue weighted by atomic mass is 16.2. The Labute approximate surface area is 144 Å². The topological polar surface area (TPSA) is 52.7 Å². The molecule has 0 aromatic heterocycles. The standard InChI is InChI=1S/C19H27N3O2/c1-21-14-17(9-10-18(21)23)20-19(24)16-7-5-15(6-8-16)13-22-11-3-2-4-12-22/h5-8,17H,2-4,9-14H2,1H3,(H,20,24)/t17-/m0/s1. The molecule has 3 rings (SSSR count). The third-order valence-corrected chi connectivity index (χ3v) is 5.03.